The third-order valence-corrected chi connectivity index (χ3v) is 4.98. The highest BCUT2D eigenvalue weighted by Gasteiger charge is 2.25. The van der Waals surface area contributed by atoms with Crippen LogP contribution in [-0.2, 0) is 11.3 Å². The molecule has 0 bridgehead atoms. The van der Waals surface area contributed by atoms with E-state index in [4.69, 9.17) is 4.74 Å². The van der Waals surface area contributed by atoms with Gasteiger partial charge in [0.1, 0.15) is 0 Å². The molecule has 2 heterocycles. The first-order valence-electron chi connectivity index (χ1n) is 8.89. The van der Waals surface area contributed by atoms with E-state index in [1.54, 1.807) is 7.11 Å². The van der Waals surface area contributed by atoms with Crippen molar-refractivity contribution in [3.63, 3.8) is 0 Å². The van der Waals surface area contributed by atoms with E-state index in [1.807, 2.05) is 4.68 Å². The Morgan fingerprint density at radius 1 is 1.20 bits per heavy atom. The molecule has 136 valence electrons. The third kappa shape index (κ3) is 4.05. The molecule has 0 radical (unpaired) electrons. The summed E-state index contributed by atoms with van der Waals surface area (Å²) in [6.07, 6.45) is 0. The summed E-state index contributed by atoms with van der Waals surface area (Å²) >= 11 is 0. The summed E-state index contributed by atoms with van der Waals surface area (Å²) < 4.78 is 7.10. The lowest BCUT2D eigenvalue weighted by Crippen LogP contribution is -2.52. The topological polar surface area (TPSA) is 59.3 Å². The molecule has 1 aliphatic heterocycles. The maximum absolute atomic E-state index is 5.21. The summed E-state index contributed by atoms with van der Waals surface area (Å²) in [7, 11) is 1.76. The van der Waals surface area contributed by atoms with E-state index < -0.39 is 0 Å². The Hall–Kier alpha value is -1.83. The molecule has 0 saturated carbocycles. The van der Waals surface area contributed by atoms with Crippen LogP contribution in [0.2, 0.25) is 0 Å². The molecule has 1 unspecified atom stereocenters. The van der Waals surface area contributed by atoms with Crippen LogP contribution < -0.4 is 0 Å². The van der Waals surface area contributed by atoms with Crippen molar-refractivity contribution in [1.29, 1.82) is 0 Å². The lowest BCUT2D eigenvalue weighted by Gasteiger charge is -2.39. The standard InChI is InChI=1S/C18H28N6O/c1-14-6-5-7-15(2)18(14)24-17(19-20-21-24)13-22-8-9-23(10-11-25-4)16(3)12-22/h5-7,16H,8-13H2,1-4H3. The average Bonchev–Trinajstić information content (AvgIpc) is 3.02. The fourth-order valence-corrected chi connectivity index (χ4v) is 3.57. The lowest BCUT2D eigenvalue weighted by atomic mass is 10.1. The molecule has 3 rings (SSSR count). The van der Waals surface area contributed by atoms with Gasteiger partial charge in [-0.05, 0) is 42.3 Å². The second-order valence-corrected chi connectivity index (χ2v) is 6.86. The third-order valence-electron chi connectivity index (χ3n) is 4.98. The van der Waals surface area contributed by atoms with Gasteiger partial charge in [0, 0.05) is 39.3 Å². The molecule has 25 heavy (non-hydrogen) atoms. The predicted octanol–water partition coefficient (Wildman–Crippen LogP) is 1.43. The number of para-hydroxylation sites is 1. The monoisotopic (exact) mass is 344 g/mol. The fraction of sp³-hybridized carbons (Fsp3) is 0.611. The van der Waals surface area contributed by atoms with Crippen molar-refractivity contribution < 1.29 is 4.74 Å². The van der Waals surface area contributed by atoms with Gasteiger partial charge < -0.3 is 4.74 Å². The molecule has 7 heteroatoms. The number of rotatable bonds is 6. The van der Waals surface area contributed by atoms with Crippen molar-refractivity contribution in [1.82, 2.24) is 30.0 Å². The van der Waals surface area contributed by atoms with Gasteiger partial charge in [-0.3, -0.25) is 9.80 Å². The number of piperazine rings is 1. The van der Waals surface area contributed by atoms with Gasteiger partial charge in [0.05, 0.1) is 18.8 Å². The minimum atomic E-state index is 0.508. The first-order chi connectivity index (χ1) is 12.1. The minimum Gasteiger partial charge on any atom is -0.383 e. The average molecular weight is 344 g/mol. The van der Waals surface area contributed by atoms with Gasteiger partial charge >= 0.3 is 0 Å². The molecule has 2 aromatic rings. The van der Waals surface area contributed by atoms with Gasteiger partial charge in [0.25, 0.3) is 0 Å². The van der Waals surface area contributed by atoms with E-state index in [2.05, 4.69) is 64.3 Å². The SMILES string of the molecule is COCCN1CCN(Cc2nnnn2-c2c(C)cccc2C)CC1C. The molecule has 7 nitrogen and oxygen atoms in total. The van der Waals surface area contributed by atoms with Gasteiger partial charge in [0.15, 0.2) is 5.82 Å². The Morgan fingerprint density at radius 3 is 2.64 bits per heavy atom. The van der Waals surface area contributed by atoms with E-state index in [0.717, 1.165) is 50.8 Å². The first-order valence-corrected chi connectivity index (χ1v) is 8.89. The molecule has 1 fully saturated rings. The largest absolute Gasteiger partial charge is 0.383 e. The highest BCUT2D eigenvalue weighted by Crippen LogP contribution is 2.20. The molecule has 0 aliphatic carbocycles. The van der Waals surface area contributed by atoms with Crippen LogP contribution >= 0.6 is 0 Å². The van der Waals surface area contributed by atoms with Crippen molar-refractivity contribution in [3.8, 4) is 5.69 Å². The highest BCUT2D eigenvalue weighted by molar-refractivity contribution is 5.46. The molecule has 1 aromatic carbocycles. The maximum Gasteiger partial charge on any atom is 0.170 e. The Balaban J connectivity index is 1.71. The van der Waals surface area contributed by atoms with Crippen molar-refractivity contribution >= 4 is 0 Å². The Bertz CT molecular complexity index is 680. The summed E-state index contributed by atoms with van der Waals surface area (Å²) in [6, 6.07) is 6.78. The van der Waals surface area contributed by atoms with Crippen LogP contribution in [0.5, 0.6) is 0 Å². The zero-order valence-corrected chi connectivity index (χ0v) is 15.6. The molecule has 1 atom stereocenters. The highest BCUT2D eigenvalue weighted by atomic mass is 16.5. The normalized spacial score (nSPS) is 19.4. The van der Waals surface area contributed by atoms with E-state index in [0.29, 0.717) is 6.04 Å². The van der Waals surface area contributed by atoms with Crippen LogP contribution in [0.3, 0.4) is 0 Å². The summed E-state index contributed by atoms with van der Waals surface area (Å²) in [5.41, 5.74) is 3.46. The minimum absolute atomic E-state index is 0.508. The van der Waals surface area contributed by atoms with Gasteiger partial charge in [-0.25, -0.2) is 0 Å². The summed E-state index contributed by atoms with van der Waals surface area (Å²) in [4.78, 5) is 4.91. The zero-order chi connectivity index (χ0) is 17.8. The van der Waals surface area contributed by atoms with E-state index >= 15 is 0 Å². The second-order valence-electron chi connectivity index (χ2n) is 6.86. The van der Waals surface area contributed by atoms with Crippen LogP contribution in [0.25, 0.3) is 5.69 Å². The van der Waals surface area contributed by atoms with Gasteiger partial charge in [0.2, 0.25) is 0 Å². The Labute approximate surface area is 149 Å². The number of aromatic nitrogens is 4. The number of nitrogens with zero attached hydrogens (tertiary/aromatic N) is 6. The summed E-state index contributed by atoms with van der Waals surface area (Å²) in [5, 5.41) is 12.5. The van der Waals surface area contributed by atoms with Gasteiger partial charge in [-0.15, -0.1) is 5.10 Å². The van der Waals surface area contributed by atoms with Crippen LogP contribution in [0.4, 0.5) is 0 Å². The van der Waals surface area contributed by atoms with Crippen LogP contribution in [0.1, 0.15) is 23.9 Å². The number of hydrogen-bond acceptors (Lipinski definition) is 6. The molecule has 1 saturated heterocycles. The number of methoxy groups -OCH3 is 1. The van der Waals surface area contributed by atoms with E-state index in [9.17, 15) is 0 Å². The molecular formula is C18H28N6O. The van der Waals surface area contributed by atoms with Crippen molar-refractivity contribution in [2.45, 2.75) is 33.4 Å². The van der Waals surface area contributed by atoms with Crippen LogP contribution in [-0.4, -0.2) is 75.9 Å². The quantitative estimate of drug-likeness (QED) is 0.790. The molecule has 0 N–H and O–H groups in total. The lowest BCUT2D eigenvalue weighted by molar-refractivity contribution is 0.0543. The molecular weight excluding hydrogens is 316 g/mol. The fourth-order valence-electron chi connectivity index (χ4n) is 3.57. The summed E-state index contributed by atoms with van der Waals surface area (Å²) in [5.74, 6) is 0.898. The zero-order valence-electron chi connectivity index (χ0n) is 15.6. The van der Waals surface area contributed by atoms with Crippen molar-refractivity contribution in [2.24, 2.45) is 0 Å². The number of tetrazole rings is 1. The van der Waals surface area contributed by atoms with E-state index in [1.165, 1.54) is 11.1 Å². The number of ether oxygens (including phenoxy) is 1. The molecule has 0 spiro atoms. The van der Waals surface area contributed by atoms with Crippen LogP contribution in [0, 0.1) is 13.8 Å². The first kappa shape index (κ1) is 18.0. The molecule has 1 aromatic heterocycles. The number of aryl methyl sites for hydroxylation is 2. The van der Waals surface area contributed by atoms with Gasteiger partial charge in [-0.1, -0.05) is 18.2 Å². The molecule has 0 amide bonds. The second kappa shape index (κ2) is 8.03. The Kier molecular flexibility index (Phi) is 5.78. The van der Waals surface area contributed by atoms with Crippen molar-refractivity contribution in [3.05, 3.63) is 35.2 Å². The number of benzene rings is 1. The summed E-state index contributed by atoms with van der Waals surface area (Å²) in [6.45, 7) is 12.1. The Morgan fingerprint density at radius 2 is 1.96 bits per heavy atom. The van der Waals surface area contributed by atoms with Gasteiger partial charge in [-0.2, -0.15) is 4.68 Å². The maximum atomic E-state index is 5.21. The smallest absolute Gasteiger partial charge is 0.170 e. The number of hydrogen-bond donors (Lipinski definition) is 0. The van der Waals surface area contributed by atoms with Crippen LogP contribution in [0.15, 0.2) is 18.2 Å². The predicted molar refractivity (Wildman–Crippen MR) is 96.8 cm³/mol. The van der Waals surface area contributed by atoms with E-state index in [-0.39, 0.29) is 0 Å². The van der Waals surface area contributed by atoms with Crippen molar-refractivity contribution in [2.75, 3.05) is 39.9 Å². The molecule has 1 aliphatic rings.